The van der Waals surface area contributed by atoms with E-state index < -0.39 is 11.9 Å². The highest BCUT2D eigenvalue weighted by Crippen LogP contribution is 2.34. The number of amides is 1. The van der Waals surface area contributed by atoms with Crippen molar-refractivity contribution in [2.45, 2.75) is 25.4 Å². The number of ketones is 1. The Morgan fingerprint density at radius 2 is 2.11 bits per heavy atom. The first kappa shape index (κ1) is 12.1. The topological polar surface area (TPSA) is 55.4 Å². The molecule has 1 aromatic rings. The molecule has 0 bridgehead atoms. The molecule has 1 aliphatic carbocycles. The van der Waals surface area contributed by atoms with E-state index in [1.54, 1.807) is 6.07 Å². The number of ether oxygens (including phenoxy) is 1. The number of hydrogen-bond donors (Lipinski definition) is 1. The fraction of sp³-hybridized carbons (Fsp3) is 0.429. The summed E-state index contributed by atoms with van der Waals surface area (Å²) >= 11 is 0. The van der Waals surface area contributed by atoms with E-state index in [0.717, 1.165) is 12.8 Å². The van der Waals surface area contributed by atoms with Gasteiger partial charge in [-0.3, -0.25) is 9.59 Å². The fourth-order valence-corrected chi connectivity index (χ4v) is 2.18. The molecule has 2 aliphatic rings. The Bertz CT molecular complexity index is 539. The lowest BCUT2D eigenvalue weighted by Crippen LogP contribution is -2.27. The lowest BCUT2D eigenvalue weighted by atomic mass is 10.1. The zero-order valence-electron chi connectivity index (χ0n) is 10.3. The van der Waals surface area contributed by atoms with E-state index in [0.29, 0.717) is 13.0 Å². The van der Waals surface area contributed by atoms with Gasteiger partial charge in [-0.25, -0.2) is 4.39 Å². The van der Waals surface area contributed by atoms with Crippen LogP contribution in [0.1, 0.15) is 29.6 Å². The molecule has 1 aliphatic heterocycles. The van der Waals surface area contributed by atoms with Crippen LogP contribution in [0.25, 0.3) is 0 Å². The van der Waals surface area contributed by atoms with E-state index >= 15 is 0 Å². The summed E-state index contributed by atoms with van der Waals surface area (Å²) in [6.07, 6.45) is 1.70. The molecule has 1 atom stereocenters. The van der Waals surface area contributed by atoms with Crippen LogP contribution in [0.3, 0.4) is 0 Å². The number of benzene rings is 1. The molecule has 0 aromatic heterocycles. The molecule has 0 unspecified atom stereocenters. The largest absolute Gasteiger partial charge is 0.480 e. The molecule has 4 nitrogen and oxygen atoms in total. The van der Waals surface area contributed by atoms with Crippen LogP contribution in [0.2, 0.25) is 0 Å². The van der Waals surface area contributed by atoms with Gasteiger partial charge >= 0.3 is 0 Å². The van der Waals surface area contributed by atoms with Gasteiger partial charge in [-0.2, -0.15) is 0 Å². The van der Waals surface area contributed by atoms with Gasteiger partial charge in [0.05, 0.1) is 5.56 Å². The Morgan fingerprint density at radius 1 is 1.32 bits per heavy atom. The third-order valence-electron chi connectivity index (χ3n) is 3.43. The first-order chi connectivity index (χ1) is 9.15. The van der Waals surface area contributed by atoms with Crippen molar-refractivity contribution in [2.75, 3.05) is 6.54 Å². The summed E-state index contributed by atoms with van der Waals surface area (Å²) in [5.74, 6) is -0.622. The minimum atomic E-state index is -0.576. The van der Waals surface area contributed by atoms with Gasteiger partial charge < -0.3 is 10.1 Å². The second-order valence-electron chi connectivity index (χ2n) is 4.97. The van der Waals surface area contributed by atoms with Crippen molar-refractivity contribution in [1.82, 2.24) is 5.32 Å². The Morgan fingerprint density at radius 3 is 2.68 bits per heavy atom. The normalized spacial score (nSPS) is 22.2. The molecule has 5 heteroatoms. The van der Waals surface area contributed by atoms with Gasteiger partial charge in [0, 0.05) is 24.9 Å². The fourth-order valence-electron chi connectivity index (χ4n) is 2.18. The van der Waals surface area contributed by atoms with Crippen molar-refractivity contribution in [1.29, 1.82) is 0 Å². The summed E-state index contributed by atoms with van der Waals surface area (Å²) < 4.78 is 19.3. The van der Waals surface area contributed by atoms with Crippen LogP contribution in [-0.2, 0) is 4.79 Å². The Balaban J connectivity index is 1.75. The van der Waals surface area contributed by atoms with Crippen LogP contribution in [0.4, 0.5) is 4.39 Å². The predicted octanol–water partition coefficient (Wildman–Crippen LogP) is 1.69. The number of halogens is 1. The number of carbonyl (C=O) groups is 2. The maximum absolute atomic E-state index is 13.9. The van der Waals surface area contributed by atoms with Gasteiger partial charge in [-0.05, 0) is 25.0 Å². The van der Waals surface area contributed by atoms with Crippen LogP contribution in [0.5, 0.6) is 5.75 Å². The zero-order valence-corrected chi connectivity index (χ0v) is 10.3. The quantitative estimate of drug-likeness (QED) is 0.841. The highest BCUT2D eigenvalue weighted by Gasteiger charge is 2.32. The smallest absolute Gasteiger partial charge is 0.261 e. The van der Waals surface area contributed by atoms with Crippen LogP contribution in [0, 0.1) is 11.7 Å². The van der Waals surface area contributed by atoms with Gasteiger partial charge in [0.15, 0.2) is 11.9 Å². The molecule has 1 N–H and O–H groups in total. The molecule has 0 radical (unpaired) electrons. The van der Waals surface area contributed by atoms with Gasteiger partial charge in [0.25, 0.3) is 5.91 Å². The lowest BCUT2D eigenvalue weighted by molar-refractivity contribution is -0.124. The summed E-state index contributed by atoms with van der Waals surface area (Å²) in [6, 6.07) is 4.17. The first-order valence-electron chi connectivity index (χ1n) is 6.43. The SMILES string of the molecule is O=C(c1ccc(O[C@@H]2CCNC2=O)cc1F)C1CC1. The van der Waals surface area contributed by atoms with Crippen molar-refractivity contribution in [3.63, 3.8) is 0 Å². The Hall–Kier alpha value is -1.91. The lowest BCUT2D eigenvalue weighted by Gasteiger charge is -2.11. The molecular weight excluding hydrogens is 249 g/mol. The maximum atomic E-state index is 13.9. The van der Waals surface area contributed by atoms with Crippen LogP contribution < -0.4 is 10.1 Å². The van der Waals surface area contributed by atoms with Crippen molar-refractivity contribution >= 4 is 11.7 Å². The Kier molecular flexibility index (Phi) is 2.97. The van der Waals surface area contributed by atoms with Crippen molar-refractivity contribution in [3.05, 3.63) is 29.6 Å². The highest BCUT2D eigenvalue weighted by molar-refractivity contribution is 5.99. The molecule has 0 spiro atoms. The summed E-state index contributed by atoms with van der Waals surface area (Å²) in [7, 11) is 0. The molecule has 100 valence electrons. The maximum Gasteiger partial charge on any atom is 0.261 e. The minimum absolute atomic E-state index is 0.0121. The molecule has 3 rings (SSSR count). The third kappa shape index (κ3) is 2.45. The van der Waals surface area contributed by atoms with E-state index in [1.165, 1.54) is 12.1 Å². The molecule has 1 saturated heterocycles. The van der Waals surface area contributed by atoms with Crippen LogP contribution in [-0.4, -0.2) is 24.3 Å². The summed E-state index contributed by atoms with van der Waals surface area (Å²) in [6.45, 7) is 0.574. The third-order valence-corrected chi connectivity index (χ3v) is 3.43. The monoisotopic (exact) mass is 263 g/mol. The Labute approximate surface area is 109 Å². The molecule has 1 saturated carbocycles. The number of rotatable bonds is 4. The average molecular weight is 263 g/mol. The van der Waals surface area contributed by atoms with Crippen LogP contribution >= 0.6 is 0 Å². The standard InChI is InChI=1S/C14H14FNO3/c15-11-7-9(19-12-5-6-16-14(12)18)3-4-10(11)13(17)8-1-2-8/h3-4,7-8,12H,1-2,5-6H2,(H,16,18)/t12-/m1/s1. The number of hydrogen-bond acceptors (Lipinski definition) is 3. The minimum Gasteiger partial charge on any atom is -0.480 e. The zero-order chi connectivity index (χ0) is 13.4. The predicted molar refractivity (Wildman–Crippen MR) is 65.5 cm³/mol. The molecule has 1 aromatic carbocycles. The summed E-state index contributed by atoms with van der Waals surface area (Å²) in [5, 5.41) is 2.65. The van der Waals surface area contributed by atoms with Crippen molar-refractivity contribution in [2.24, 2.45) is 5.92 Å². The second kappa shape index (κ2) is 4.64. The van der Waals surface area contributed by atoms with Gasteiger partial charge in [0.1, 0.15) is 11.6 Å². The highest BCUT2D eigenvalue weighted by atomic mass is 19.1. The number of nitrogens with one attached hydrogen (secondary N) is 1. The van der Waals surface area contributed by atoms with E-state index in [-0.39, 0.29) is 28.9 Å². The van der Waals surface area contributed by atoms with E-state index in [2.05, 4.69) is 5.32 Å². The molecular formula is C14H14FNO3. The average Bonchev–Trinajstić information content (AvgIpc) is 3.15. The summed E-state index contributed by atoms with van der Waals surface area (Å²) in [4.78, 5) is 23.1. The second-order valence-corrected chi connectivity index (χ2v) is 4.97. The number of Topliss-reactive ketones (excluding diaryl/α,β-unsaturated/α-hetero) is 1. The van der Waals surface area contributed by atoms with E-state index in [9.17, 15) is 14.0 Å². The van der Waals surface area contributed by atoms with E-state index in [1.807, 2.05) is 0 Å². The summed E-state index contributed by atoms with van der Waals surface area (Å²) in [5.41, 5.74) is 0.116. The number of carbonyl (C=O) groups excluding carboxylic acids is 2. The van der Waals surface area contributed by atoms with Gasteiger partial charge in [0.2, 0.25) is 0 Å². The van der Waals surface area contributed by atoms with Gasteiger partial charge in [-0.15, -0.1) is 0 Å². The van der Waals surface area contributed by atoms with Crippen molar-refractivity contribution in [3.8, 4) is 5.75 Å². The molecule has 19 heavy (non-hydrogen) atoms. The first-order valence-corrected chi connectivity index (χ1v) is 6.43. The molecule has 2 fully saturated rings. The van der Waals surface area contributed by atoms with Crippen LogP contribution in [0.15, 0.2) is 18.2 Å². The van der Waals surface area contributed by atoms with Crippen molar-refractivity contribution < 1.29 is 18.7 Å². The van der Waals surface area contributed by atoms with E-state index in [4.69, 9.17) is 4.74 Å². The van der Waals surface area contributed by atoms with Gasteiger partial charge in [-0.1, -0.05) is 0 Å². The molecule has 1 heterocycles. The molecule has 1 amide bonds.